The van der Waals surface area contributed by atoms with Gasteiger partial charge in [-0.1, -0.05) is 91.0 Å². The van der Waals surface area contributed by atoms with Crippen LogP contribution in [0.25, 0.3) is 0 Å². The fraction of sp³-hybridized carbons (Fsp3) is 0.278. The van der Waals surface area contributed by atoms with Gasteiger partial charge in [0.1, 0.15) is 5.54 Å². The molecule has 0 bridgehead atoms. The highest BCUT2D eigenvalue weighted by Gasteiger charge is 2.56. The highest BCUT2D eigenvalue weighted by molar-refractivity contribution is 5.93. The molecule has 0 spiro atoms. The van der Waals surface area contributed by atoms with Crippen LogP contribution in [0.4, 0.5) is 26.3 Å². The first-order valence-electron chi connectivity index (χ1n) is 14.9. The average molecular weight is 655 g/mol. The molecule has 1 fully saturated rings. The Morgan fingerprint density at radius 1 is 0.745 bits per heavy atom. The number of carbonyl (C=O) groups is 2. The van der Waals surface area contributed by atoms with Crippen LogP contribution < -0.4 is 5.32 Å². The lowest BCUT2D eigenvalue weighted by molar-refractivity contribution is -0.162. The van der Waals surface area contributed by atoms with E-state index in [0.29, 0.717) is 23.3 Å². The van der Waals surface area contributed by atoms with E-state index in [2.05, 4.69) is 5.32 Å². The van der Waals surface area contributed by atoms with Crippen molar-refractivity contribution in [1.82, 2.24) is 10.2 Å². The summed E-state index contributed by atoms with van der Waals surface area (Å²) in [4.78, 5) is 29.1. The van der Waals surface area contributed by atoms with Gasteiger partial charge in [-0.2, -0.15) is 26.3 Å². The molecular weight excluding hydrogens is 622 g/mol. The summed E-state index contributed by atoms with van der Waals surface area (Å²) in [5.74, 6) is -0.852. The first-order valence-corrected chi connectivity index (χ1v) is 14.9. The maximum absolute atomic E-state index is 14.9. The van der Waals surface area contributed by atoms with Gasteiger partial charge in [0.2, 0.25) is 5.91 Å². The number of nitrogens with zero attached hydrogens (tertiary/aromatic N) is 1. The number of likely N-dealkylation sites (tertiary alicyclic amines) is 1. The number of ether oxygens (including phenoxy) is 1. The van der Waals surface area contributed by atoms with E-state index in [1.807, 2.05) is 30.3 Å². The maximum atomic E-state index is 14.9. The van der Waals surface area contributed by atoms with Crippen LogP contribution in [0.5, 0.6) is 0 Å². The summed E-state index contributed by atoms with van der Waals surface area (Å²) in [6.45, 7) is 0.572. The zero-order chi connectivity index (χ0) is 33.9. The number of hydrogen-bond acceptors (Lipinski definition) is 3. The Hall–Kier alpha value is -4.64. The molecule has 1 aliphatic heterocycles. The molecule has 2 atom stereocenters. The number of hydrogen-bond donors (Lipinski definition) is 1. The highest BCUT2D eigenvalue weighted by Crippen LogP contribution is 2.47. The molecule has 0 aliphatic carbocycles. The fourth-order valence-electron chi connectivity index (χ4n) is 6.25. The summed E-state index contributed by atoms with van der Waals surface area (Å²) in [6.07, 6.45) is -9.63. The third-order valence-corrected chi connectivity index (χ3v) is 8.45. The zero-order valence-corrected chi connectivity index (χ0v) is 25.4. The van der Waals surface area contributed by atoms with Crippen molar-refractivity contribution in [2.75, 3.05) is 6.61 Å². The van der Waals surface area contributed by atoms with E-state index in [0.717, 1.165) is 5.56 Å². The lowest BCUT2D eigenvalue weighted by Crippen LogP contribution is -2.66. The molecule has 0 radical (unpaired) electrons. The van der Waals surface area contributed by atoms with Crippen molar-refractivity contribution in [2.24, 2.45) is 0 Å². The number of halogens is 6. The van der Waals surface area contributed by atoms with Gasteiger partial charge in [-0.05, 0) is 53.3 Å². The molecule has 1 aliphatic rings. The first kappa shape index (κ1) is 33.7. The summed E-state index contributed by atoms with van der Waals surface area (Å²) < 4.78 is 87.3. The lowest BCUT2D eigenvalue weighted by Gasteiger charge is -2.53. The number of piperidine rings is 1. The minimum atomic E-state index is -5.01. The van der Waals surface area contributed by atoms with Gasteiger partial charge in [-0.15, -0.1) is 0 Å². The third-order valence-electron chi connectivity index (χ3n) is 8.45. The Morgan fingerprint density at radius 3 is 1.77 bits per heavy atom. The molecule has 0 aromatic heterocycles. The SMILES string of the molecule is CC(=O)N[C@]1(c2ccccc2)CC[C@@](COCc2cc(C(F)(F)F)cc(C(F)(F)F)c2)(c2ccccc2)N(Cc2ccccc2)C1=O. The molecule has 4 aromatic carbocycles. The predicted octanol–water partition coefficient (Wildman–Crippen LogP) is 7.99. The molecule has 5 nitrogen and oxygen atoms in total. The molecule has 2 amide bonds. The maximum Gasteiger partial charge on any atom is 0.416 e. The molecule has 0 unspecified atom stereocenters. The van der Waals surface area contributed by atoms with Crippen LogP contribution in [0, 0.1) is 0 Å². The van der Waals surface area contributed by atoms with Crippen LogP contribution in [0.15, 0.2) is 109 Å². The second-order valence-corrected chi connectivity index (χ2v) is 11.6. The van der Waals surface area contributed by atoms with Crippen molar-refractivity contribution < 1.29 is 40.7 Å². The van der Waals surface area contributed by atoms with Gasteiger partial charge in [-0.3, -0.25) is 9.59 Å². The van der Waals surface area contributed by atoms with Gasteiger partial charge in [0.25, 0.3) is 5.91 Å². The minimum absolute atomic E-state index is 0.0710. The molecule has 1 saturated heterocycles. The van der Waals surface area contributed by atoms with E-state index in [-0.39, 0.29) is 37.6 Å². The molecular formula is C36H32F6N2O3. The monoisotopic (exact) mass is 654 g/mol. The number of benzene rings is 4. The van der Waals surface area contributed by atoms with E-state index >= 15 is 0 Å². The van der Waals surface area contributed by atoms with Crippen LogP contribution in [-0.4, -0.2) is 23.3 Å². The van der Waals surface area contributed by atoms with Gasteiger partial charge in [-0.25, -0.2) is 0 Å². The predicted molar refractivity (Wildman–Crippen MR) is 162 cm³/mol. The summed E-state index contributed by atoms with van der Waals surface area (Å²) in [7, 11) is 0. The molecule has 246 valence electrons. The second kappa shape index (κ2) is 13.2. The quantitative estimate of drug-likeness (QED) is 0.186. The largest absolute Gasteiger partial charge is 0.416 e. The van der Waals surface area contributed by atoms with Crippen molar-refractivity contribution in [3.05, 3.63) is 143 Å². The van der Waals surface area contributed by atoms with Gasteiger partial charge in [0.05, 0.1) is 29.9 Å². The van der Waals surface area contributed by atoms with Gasteiger partial charge in [0, 0.05) is 13.5 Å². The van der Waals surface area contributed by atoms with E-state index in [9.17, 15) is 35.9 Å². The average Bonchev–Trinajstić information content (AvgIpc) is 3.04. The van der Waals surface area contributed by atoms with Crippen LogP contribution in [0.2, 0.25) is 0 Å². The standard InChI is InChI=1S/C36H32F6N2O3/c1-25(45)43-34(29-15-9-4-10-16-29)18-17-33(28-13-7-3-8-14-28,44(32(34)46)22-26-11-5-2-6-12-26)24-47-23-27-19-30(35(37,38)39)21-31(20-27)36(40,41)42/h2-16,19-21H,17-18,22-24H2,1H3,(H,43,45)/t33-,34+/m1/s1. The Kier molecular flexibility index (Phi) is 9.49. The number of carbonyl (C=O) groups excluding carboxylic acids is 2. The van der Waals surface area contributed by atoms with Gasteiger partial charge < -0.3 is 15.0 Å². The molecule has 1 heterocycles. The number of amides is 2. The summed E-state index contributed by atoms with van der Waals surface area (Å²) in [5.41, 5.74) is -3.85. The van der Waals surface area contributed by atoms with Crippen molar-refractivity contribution in [3.63, 3.8) is 0 Å². The Morgan fingerprint density at radius 2 is 1.26 bits per heavy atom. The topological polar surface area (TPSA) is 58.6 Å². The van der Waals surface area contributed by atoms with E-state index in [1.54, 1.807) is 65.6 Å². The third kappa shape index (κ3) is 7.20. The summed E-state index contributed by atoms with van der Waals surface area (Å²) >= 11 is 0. The smallest absolute Gasteiger partial charge is 0.374 e. The highest BCUT2D eigenvalue weighted by atomic mass is 19.4. The number of nitrogens with one attached hydrogen (secondary N) is 1. The van der Waals surface area contributed by atoms with Crippen molar-refractivity contribution in [1.29, 1.82) is 0 Å². The van der Waals surface area contributed by atoms with Crippen LogP contribution >= 0.6 is 0 Å². The van der Waals surface area contributed by atoms with E-state index in [4.69, 9.17) is 4.74 Å². The Balaban J connectivity index is 1.59. The normalized spacial score (nSPS) is 20.2. The zero-order valence-electron chi connectivity index (χ0n) is 25.4. The molecule has 47 heavy (non-hydrogen) atoms. The summed E-state index contributed by atoms with van der Waals surface area (Å²) in [5, 5.41) is 2.90. The summed E-state index contributed by atoms with van der Waals surface area (Å²) in [6, 6.07) is 28.2. The van der Waals surface area contributed by atoms with Crippen molar-refractivity contribution >= 4 is 11.8 Å². The number of rotatable bonds is 9. The fourth-order valence-corrected chi connectivity index (χ4v) is 6.25. The Labute approximate surface area is 268 Å². The van der Waals surface area contributed by atoms with E-state index in [1.165, 1.54) is 6.92 Å². The second-order valence-electron chi connectivity index (χ2n) is 11.6. The van der Waals surface area contributed by atoms with Crippen molar-refractivity contribution in [3.8, 4) is 0 Å². The van der Waals surface area contributed by atoms with Crippen LogP contribution in [0.1, 0.15) is 53.1 Å². The van der Waals surface area contributed by atoms with E-state index < -0.39 is 53.0 Å². The first-order chi connectivity index (χ1) is 22.2. The Bertz CT molecular complexity index is 1660. The van der Waals surface area contributed by atoms with Crippen LogP contribution in [0.3, 0.4) is 0 Å². The molecule has 0 saturated carbocycles. The number of alkyl halides is 6. The van der Waals surface area contributed by atoms with Crippen LogP contribution in [-0.2, 0) is 50.9 Å². The molecule has 4 aromatic rings. The lowest BCUT2D eigenvalue weighted by atomic mass is 9.71. The molecule has 1 N–H and O–H groups in total. The van der Waals surface area contributed by atoms with Crippen molar-refractivity contribution in [2.45, 2.75) is 56.3 Å². The molecule has 11 heteroatoms. The van der Waals surface area contributed by atoms with Gasteiger partial charge in [0.15, 0.2) is 0 Å². The molecule has 5 rings (SSSR count). The minimum Gasteiger partial charge on any atom is -0.374 e. The van der Waals surface area contributed by atoms with Gasteiger partial charge >= 0.3 is 12.4 Å².